The lowest BCUT2D eigenvalue weighted by Gasteiger charge is -2.28. The number of aromatic nitrogens is 2. The molecule has 4 rings (SSSR count). The van der Waals surface area contributed by atoms with Crippen molar-refractivity contribution in [1.82, 2.24) is 19.4 Å². The van der Waals surface area contributed by atoms with E-state index in [0.717, 1.165) is 31.1 Å². The number of halogens is 2. The Morgan fingerprint density at radius 2 is 1.79 bits per heavy atom. The van der Waals surface area contributed by atoms with Gasteiger partial charge in [0.05, 0.1) is 12.0 Å². The van der Waals surface area contributed by atoms with E-state index in [9.17, 15) is 13.6 Å². The van der Waals surface area contributed by atoms with Gasteiger partial charge in [0.1, 0.15) is 0 Å². The Kier molecular flexibility index (Phi) is 5.47. The number of imidazole rings is 1. The van der Waals surface area contributed by atoms with Gasteiger partial charge in [-0.2, -0.15) is 0 Å². The van der Waals surface area contributed by atoms with Gasteiger partial charge in [-0.05, 0) is 49.6 Å². The lowest BCUT2D eigenvalue weighted by molar-refractivity contribution is -0.130. The summed E-state index contributed by atoms with van der Waals surface area (Å²) >= 11 is 0. The van der Waals surface area contributed by atoms with Gasteiger partial charge in [-0.15, -0.1) is 0 Å². The summed E-state index contributed by atoms with van der Waals surface area (Å²) in [5.74, 6) is -1.71. The maximum atomic E-state index is 13.5. The fraction of sp³-hybridized carbons (Fsp3) is 0.364. The number of benzene rings is 1. The van der Waals surface area contributed by atoms with E-state index < -0.39 is 11.6 Å². The number of allylic oxidation sites excluding steroid dienone is 4. The molecule has 29 heavy (non-hydrogen) atoms. The van der Waals surface area contributed by atoms with Crippen LogP contribution in [-0.2, 0) is 11.3 Å². The molecular formula is C22H24F2N4O. The van der Waals surface area contributed by atoms with Crippen LogP contribution in [0.5, 0.6) is 0 Å². The topological polar surface area (TPSA) is 41.4 Å². The second-order valence-corrected chi connectivity index (χ2v) is 7.54. The van der Waals surface area contributed by atoms with Gasteiger partial charge in [-0.3, -0.25) is 4.79 Å². The molecule has 2 heterocycles. The number of amides is 1. The van der Waals surface area contributed by atoms with Gasteiger partial charge < -0.3 is 14.4 Å². The fourth-order valence-corrected chi connectivity index (χ4v) is 3.85. The summed E-state index contributed by atoms with van der Waals surface area (Å²) in [6.45, 7) is 4.24. The largest absolute Gasteiger partial charge is 0.373 e. The lowest BCUT2D eigenvalue weighted by atomic mass is 10.1. The minimum absolute atomic E-state index is 0.0405. The summed E-state index contributed by atoms with van der Waals surface area (Å²) in [7, 11) is 0. The van der Waals surface area contributed by atoms with Gasteiger partial charge in [0.15, 0.2) is 11.6 Å². The maximum Gasteiger partial charge on any atom is 0.224 e. The van der Waals surface area contributed by atoms with Crippen molar-refractivity contribution in [3.63, 3.8) is 0 Å². The molecule has 0 unspecified atom stereocenters. The van der Waals surface area contributed by atoms with Crippen LogP contribution in [0.2, 0.25) is 0 Å². The van der Waals surface area contributed by atoms with Crippen molar-refractivity contribution in [3.8, 4) is 0 Å². The highest BCUT2D eigenvalue weighted by molar-refractivity contribution is 5.76. The number of rotatable bonds is 4. The molecule has 1 saturated heterocycles. The Balaban J connectivity index is 1.41. The molecule has 152 valence electrons. The molecule has 0 bridgehead atoms. The first kappa shape index (κ1) is 19.4. The first-order valence-corrected chi connectivity index (χ1v) is 9.87. The number of hydrogen-bond acceptors (Lipinski definition) is 3. The van der Waals surface area contributed by atoms with Crippen LogP contribution < -0.4 is 0 Å². The molecule has 1 amide bonds. The summed E-state index contributed by atoms with van der Waals surface area (Å²) in [6, 6.07) is 3.80. The number of carbonyl (C=O) groups is 1. The third-order valence-electron chi connectivity index (χ3n) is 5.50. The Morgan fingerprint density at radius 3 is 2.48 bits per heavy atom. The van der Waals surface area contributed by atoms with Crippen molar-refractivity contribution in [3.05, 3.63) is 71.5 Å². The average molecular weight is 398 g/mol. The Bertz CT molecular complexity index is 979. The zero-order valence-corrected chi connectivity index (χ0v) is 16.4. The normalized spacial score (nSPS) is 17.8. The standard InChI is InChI=1S/C22H24F2N4O/c1-16-13-28(15-25-16)19-5-3-18(4-6-19)26-9-8-22(29)27(11-10-26)14-17-2-7-20(23)21(24)12-17/h2-3,5,7,12-13,15H,4,6,8-11,14H2,1H3. The average Bonchev–Trinajstić information content (AvgIpc) is 3.07. The summed E-state index contributed by atoms with van der Waals surface area (Å²) < 4.78 is 28.7. The highest BCUT2D eigenvalue weighted by Crippen LogP contribution is 2.26. The van der Waals surface area contributed by atoms with Gasteiger partial charge in [0, 0.05) is 50.2 Å². The Labute approximate surface area is 168 Å². The fourth-order valence-electron chi connectivity index (χ4n) is 3.85. The minimum atomic E-state index is -0.880. The molecule has 1 aliphatic heterocycles. The van der Waals surface area contributed by atoms with Crippen LogP contribution in [0.25, 0.3) is 5.70 Å². The van der Waals surface area contributed by atoms with Gasteiger partial charge >= 0.3 is 0 Å². The van der Waals surface area contributed by atoms with Gasteiger partial charge in [-0.1, -0.05) is 6.07 Å². The van der Waals surface area contributed by atoms with E-state index >= 15 is 0 Å². The first-order valence-electron chi connectivity index (χ1n) is 9.87. The quantitative estimate of drug-likeness (QED) is 0.788. The van der Waals surface area contributed by atoms with Crippen LogP contribution in [0, 0.1) is 18.6 Å². The molecule has 0 radical (unpaired) electrons. The van der Waals surface area contributed by atoms with E-state index in [2.05, 4.69) is 26.6 Å². The number of carbonyl (C=O) groups excluding carboxylic acids is 1. The molecule has 0 atom stereocenters. The number of aryl methyl sites for hydroxylation is 1. The molecule has 1 aliphatic carbocycles. The van der Waals surface area contributed by atoms with E-state index in [1.807, 2.05) is 19.4 Å². The highest BCUT2D eigenvalue weighted by atomic mass is 19.2. The van der Waals surface area contributed by atoms with E-state index in [0.29, 0.717) is 31.6 Å². The van der Waals surface area contributed by atoms with Crippen molar-refractivity contribution >= 4 is 11.6 Å². The summed E-state index contributed by atoms with van der Waals surface area (Å²) in [4.78, 5) is 20.8. The molecule has 0 spiro atoms. The third-order valence-corrected chi connectivity index (χ3v) is 5.50. The zero-order chi connectivity index (χ0) is 20.4. The Hall–Kier alpha value is -2.96. The SMILES string of the molecule is Cc1cn(C2=CC=C(N3CCC(=O)N(Cc4ccc(F)c(F)c4)CC3)CC2)cn1. The molecule has 2 aromatic rings. The van der Waals surface area contributed by atoms with Crippen LogP contribution in [0.15, 0.2) is 48.6 Å². The molecule has 1 fully saturated rings. The molecule has 0 N–H and O–H groups in total. The third kappa shape index (κ3) is 4.39. The number of nitrogens with zero attached hydrogens (tertiary/aromatic N) is 4. The molecule has 2 aliphatic rings. The molecule has 1 aromatic heterocycles. The molecule has 7 heteroatoms. The van der Waals surface area contributed by atoms with E-state index in [-0.39, 0.29) is 5.91 Å². The lowest BCUT2D eigenvalue weighted by Crippen LogP contribution is -2.32. The summed E-state index contributed by atoms with van der Waals surface area (Å²) in [5, 5.41) is 0. The predicted molar refractivity (Wildman–Crippen MR) is 107 cm³/mol. The van der Waals surface area contributed by atoms with Gasteiger partial charge in [0.2, 0.25) is 5.91 Å². The number of hydrogen-bond donors (Lipinski definition) is 0. The predicted octanol–water partition coefficient (Wildman–Crippen LogP) is 3.72. The van der Waals surface area contributed by atoms with Crippen molar-refractivity contribution in [2.45, 2.75) is 32.7 Å². The zero-order valence-electron chi connectivity index (χ0n) is 16.4. The molecule has 5 nitrogen and oxygen atoms in total. The van der Waals surface area contributed by atoms with Gasteiger partial charge in [-0.25, -0.2) is 13.8 Å². The monoisotopic (exact) mass is 398 g/mol. The van der Waals surface area contributed by atoms with Crippen molar-refractivity contribution in [1.29, 1.82) is 0 Å². The highest BCUT2D eigenvalue weighted by Gasteiger charge is 2.23. The molecule has 0 saturated carbocycles. The van der Waals surface area contributed by atoms with Crippen LogP contribution in [0.4, 0.5) is 8.78 Å². The van der Waals surface area contributed by atoms with E-state index in [1.165, 1.54) is 23.5 Å². The molecular weight excluding hydrogens is 374 g/mol. The second-order valence-electron chi connectivity index (χ2n) is 7.54. The van der Waals surface area contributed by atoms with Crippen molar-refractivity contribution in [2.75, 3.05) is 19.6 Å². The van der Waals surface area contributed by atoms with E-state index in [1.54, 1.807) is 4.90 Å². The Morgan fingerprint density at radius 1 is 1.00 bits per heavy atom. The summed E-state index contributed by atoms with van der Waals surface area (Å²) in [5.41, 5.74) is 4.03. The smallest absolute Gasteiger partial charge is 0.224 e. The first-order chi connectivity index (χ1) is 14.0. The van der Waals surface area contributed by atoms with E-state index in [4.69, 9.17) is 0 Å². The molecule has 1 aromatic carbocycles. The van der Waals surface area contributed by atoms with Crippen LogP contribution in [0.1, 0.15) is 30.5 Å². The van der Waals surface area contributed by atoms with Crippen LogP contribution >= 0.6 is 0 Å². The van der Waals surface area contributed by atoms with Gasteiger partial charge in [0.25, 0.3) is 0 Å². The van der Waals surface area contributed by atoms with Crippen LogP contribution in [0.3, 0.4) is 0 Å². The summed E-state index contributed by atoms with van der Waals surface area (Å²) in [6.07, 6.45) is 10.4. The minimum Gasteiger partial charge on any atom is -0.373 e. The maximum absolute atomic E-state index is 13.5. The van der Waals surface area contributed by atoms with Crippen molar-refractivity contribution < 1.29 is 13.6 Å². The van der Waals surface area contributed by atoms with Crippen LogP contribution in [-0.4, -0.2) is 44.9 Å². The second kappa shape index (κ2) is 8.19. The van der Waals surface area contributed by atoms with Crippen molar-refractivity contribution in [2.24, 2.45) is 0 Å².